The highest BCUT2D eigenvalue weighted by molar-refractivity contribution is 5.95. The summed E-state index contributed by atoms with van der Waals surface area (Å²) in [5.41, 5.74) is 2.06. The molecule has 0 radical (unpaired) electrons. The quantitative estimate of drug-likeness (QED) is 0.0910. The third-order valence-electron chi connectivity index (χ3n) is 8.46. The fourth-order valence-electron chi connectivity index (χ4n) is 6.06. The minimum atomic E-state index is -5.10. The molecule has 1 unspecified atom stereocenters. The van der Waals surface area contributed by atoms with E-state index in [1.807, 2.05) is 16.8 Å². The van der Waals surface area contributed by atoms with Gasteiger partial charge < -0.3 is 34.1 Å². The van der Waals surface area contributed by atoms with Crippen LogP contribution in [0.2, 0.25) is 0 Å². The number of aromatic amines is 1. The van der Waals surface area contributed by atoms with Crippen molar-refractivity contribution in [3.05, 3.63) is 76.7 Å². The Bertz CT molecular complexity index is 1980. The molecule has 1 fully saturated rings. The number of allylic oxidation sites excluding steroid dienone is 1. The Morgan fingerprint density at radius 3 is 2.63 bits per heavy atom. The Labute approximate surface area is 310 Å². The van der Waals surface area contributed by atoms with Crippen molar-refractivity contribution in [2.75, 3.05) is 38.2 Å². The number of halogens is 4. The average Bonchev–Trinajstić information content (AvgIpc) is 3.53. The molecule has 2 N–H and O–H groups in total. The van der Waals surface area contributed by atoms with E-state index >= 15 is 0 Å². The van der Waals surface area contributed by atoms with Crippen LogP contribution >= 0.6 is 0 Å². The molecule has 1 saturated heterocycles. The SMILES string of the molecule is C=C(C)c1cc(CN(CCCCOCCNc2cc(-c3ccnc(=O)[nH]3)cc3c2cnn3C2CCCCO2)C(=O)OC(C)(C)C)cc(F)c1OC(F)(F)F. The van der Waals surface area contributed by atoms with Gasteiger partial charge in [0, 0.05) is 61.2 Å². The van der Waals surface area contributed by atoms with E-state index in [1.54, 1.807) is 33.0 Å². The summed E-state index contributed by atoms with van der Waals surface area (Å²) in [5.74, 6) is -2.19. The van der Waals surface area contributed by atoms with Crippen LogP contribution in [0.3, 0.4) is 0 Å². The van der Waals surface area contributed by atoms with Crippen molar-refractivity contribution in [3.63, 3.8) is 0 Å². The van der Waals surface area contributed by atoms with Crippen LogP contribution in [0.1, 0.15) is 77.2 Å². The molecule has 292 valence electrons. The van der Waals surface area contributed by atoms with Gasteiger partial charge in [0.05, 0.1) is 24.0 Å². The predicted octanol–water partition coefficient (Wildman–Crippen LogP) is 8.20. The van der Waals surface area contributed by atoms with E-state index in [0.717, 1.165) is 47.5 Å². The van der Waals surface area contributed by atoms with Crippen molar-refractivity contribution in [2.24, 2.45) is 0 Å². The molecule has 0 spiro atoms. The van der Waals surface area contributed by atoms with Gasteiger partial charge in [-0.05, 0) is 101 Å². The molecule has 1 atom stereocenters. The topological polar surface area (TPSA) is 133 Å². The van der Waals surface area contributed by atoms with Gasteiger partial charge in [0.1, 0.15) is 5.60 Å². The molecule has 0 aliphatic carbocycles. The number of alkyl halides is 3. The monoisotopic (exact) mass is 758 g/mol. The summed E-state index contributed by atoms with van der Waals surface area (Å²) < 4.78 is 77.1. The summed E-state index contributed by atoms with van der Waals surface area (Å²) in [7, 11) is 0. The highest BCUT2D eigenvalue weighted by atomic mass is 19.4. The van der Waals surface area contributed by atoms with E-state index in [4.69, 9.17) is 14.2 Å². The number of hydrogen-bond donors (Lipinski definition) is 2. The summed E-state index contributed by atoms with van der Waals surface area (Å²) in [6.45, 7) is 12.2. The Balaban J connectivity index is 1.19. The van der Waals surface area contributed by atoms with E-state index in [-0.39, 0.29) is 36.0 Å². The fraction of sp³-hybridized carbons (Fsp3) is 0.474. The smallest absolute Gasteiger partial charge is 0.444 e. The average molecular weight is 759 g/mol. The number of ether oxygens (including phenoxy) is 4. The Hall–Kier alpha value is -4.96. The first kappa shape index (κ1) is 40.2. The summed E-state index contributed by atoms with van der Waals surface area (Å²) in [5, 5.41) is 8.97. The molecular formula is C38H46F4N6O6. The van der Waals surface area contributed by atoms with Crippen LogP contribution in [0.5, 0.6) is 5.75 Å². The highest BCUT2D eigenvalue weighted by Gasteiger charge is 2.34. The Kier molecular flexibility index (Phi) is 13.0. The van der Waals surface area contributed by atoms with Crippen LogP contribution in [-0.4, -0.2) is 75.6 Å². The van der Waals surface area contributed by atoms with E-state index in [1.165, 1.54) is 24.1 Å². The van der Waals surface area contributed by atoms with Crippen molar-refractivity contribution >= 4 is 28.3 Å². The lowest BCUT2D eigenvalue weighted by Crippen LogP contribution is -2.37. The zero-order chi connectivity index (χ0) is 39.0. The van der Waals surface area contributed by atoms with E-state index < -0.39 is 35.3 Å². The molecule has 2 aromatic heterocycles. The zero-order valence-electron chi connectivity index (χ0n) is 30.9. The summed E-state index contributed by atoms with van der Waals surface area (Å²) in [4.78, 5) is 33.0. The second kappa shape index (κ2) is 17.5. The molecule has 1 amide bonds. The third kappa shape index (κ3) is 11.0. The van der Waals surface area contributed by atoms with Crippen molar-refractivity contribution in [1.82, 2.24) is 24.6 Å². The number of anilines is 1. The van der Waals surface area contributed by atoms with Gasteiger partial charge in [0.2, 0.25) is 0 Å². The first-order valence-corrected chi connectivity index (χ1v) is 17.8. The maximum absolute atomic E-state index is 14.9. The zero-order valence-corrected chi connectivity index (χ0v) is 30.9. The molecule has 4 aromatic rings. The molecule has 2 aromatic carbocycles. The van der Waals surface area contributed by atoms with Crippen LogP contribution in [-0.2, 0) is 20.8 Å². The van der Waals surface area contributed by atoms with Gasteiger partial charge in [-0.3, -0.25) is 0 Å². The molecule has 1 aliphatic rings. The summed E-state index contributed by atoms with van der Waals surface area (Å²) in [6, 6.07) is 7.89. The number of nitrogens with one attached hydrogen (secondary N) is 2. The number of unbranched alkanes of at least 4 members (excludes halogenated alkanes) is 1. The maximum Gasteiger partial charge on any atom is 0.573 e. The van der Waals surface area contributed by atoms with E-state index in [2.05, 4.69) is 31.7 Å². The molecule has 0 saturated carbocycles. The number of nitrogens with zero attached hydrogens (tertiary/aromatic N) is 4. The first-order chi connectivity index (χ1) is 25.6. The number of carbonyl (C=O) groups is 1. The Morgan fingerprint density at radius 1 is 1.15 bits per heavy atom. The largest absolute Gasteiger partial charge is 0.573 e. The number of rotatable bonds is 15. The van der Waals surface area contributed by atoms with Crippen LogP contribution in [0.25, 0.3) is 27.7 Å². The van der Waals surface area contributed by atoms with Crippen LogP contribution in [0, 0.1) is 5.82 Å². The number of benzene rings is 2. The first-order valence-electron chi connectivity index (χ1n) is 17.8. The number of carbonyl (C=O) groups excluding carboxylic acids is 1. The molecule has 54 heavy (non-hydrogen) atoms. The van der Waals surface area contributed by atoms with Crippen LogP contribution in [0.15, 0.2) is 54.1 Å². The maximum atomic E-state index is 14.9. The second-order valence-electron chi connectivity index (χ2n) is 14.1. The molecular weight excluding hydrogens is 712 g/mol. The van der Waals surface area contributed by atoms with Gasteiger partial charge in [-0.2, -0.15) is 5.10 Å². The standard InChI is InChI=1S/C38H46F4N6O6/c1-24(2)27-18-25(19-29(39)34(27)53-38(40,41)42)23-47(36(50)54-37(3,4)5)14-7-9-15-51-17-13-43-31-20-26(30-11-12-44-35(49)46-30)21-32-28(31)22-45-48(32)33-10-6-8-16-52-33/h11-12,18-22,33,43H,1,6-10,13-17,23H2,2-5H3,(H,44,46,49). The van der Waals surface area contributed by atoms with Gasteiger partial charge in [0.25, 0.3) is 0 Å². The summed E-state index contributed by atoms with van der Waals surface area (Å²) >= 11 is 0. The molecule has 1 aliphatic heterocycles. The fourth-order valence-corrected chi connectivity index (χ4v) is 6.06. The van der Waals surface area contributed by atoms with Crippen molar-refractivity contribution in [1.29, 1.82) is 0 Å². The minimum Gasteiger partial charge on any atom is -0.444 e. The lowest BCUT2D eigenvalue weighted by molar-refractivity contribution is -0.275. The van der Waals surface area contributed by atoms with Gasteiger partial charge in [-0.25, -0.2) is 23.6 Å². The normalized spacial score (nSPS) is 14.9. The van der Waals surface area contributed by atoms with Gasteiger partial charge in [0.15, 0.2) is 17.8 Å². The highest BCUT2D eigenvalue weighted by Crippen LogP contribution is 2.35. The number of hydrogen-bond acceptors (Lipinski definition) is 9. The van der Waals surface area contributed by atoms with E-state index in [9.17, 15) is 27.2 Å². The molecule has 3 heterocycles. The Morgan fingerprint density at radius 2 is 1.94 bits per heavy atom. The van der Waals surface area contributed by atoms with E-state index in [0.29, 0.717) is 44.9 Å². The van der Waals surface area contributed by atoms with Crippen molar-refractivity contribution in [2.45, 2.75) is 84.5 Å². The van der Waals surface area contributed by atoms with Crippen LogP contribution in [0.4, 0.5) is 28.0 Å². The summed E-state index contributed by atoms with van der Waals surface area (Å²) in [6.07, 6.45) is 1.31. The van der Waals surface area contributed by atoms with Crippen molar-refractivity contribution in [3.8, 4) is 17.0 Å². The lowest BCUT2D eigenvalue weighted by Gasteiger charge is -2.28. The molecule has 16 heteroatoms. The molecule has 12 nitrogen and oxygen atoms in total. The number of aromatic nitrogens is 4. The lowest BCUT2D eigenvalue weighted by atomic mass is 10.0. The minimum absolute atomic E-state index is 0.118. The molecule has 0 bridgehead atoms. The predicted molar refractivity (Wildman–Crippen MR) is 195 cm³/mol. The van der Waals surface area contributed by atoms with Gasteiger partial charge in [-0.15, -0.1) is 13.2 Å². The number of H-pyrrole nitrogens is 1. The van der Waals surface area contributed by atoms with Crippen LogP contribution < -0.4 is 15.7 Å². The van der Waals surface area contributed by atoms with Crippen molar-refractivity contribution < 1.29 is 41.3 Å². The second-order valence-corrected chi connectivity index (χ2v) is 14.1. The number of fused-ring (bicyclic) bond motifs is 1. The number of amides is 1. The third-order valence-corrected chi connectivity index (χ3v) is 8.46. The van der Waals surface area contributed by atoms with Gasteiger partial charge in [-0.1, -0.05) is 6.58 Å². The van der Waals surface area contributed by atoms with Gasteiger partial charge >= 0.3 is 18.1 Å². The molecule has 5 rings (SSSR count).